The first-order valence-corrected chi connectivity index (χ1v) is 8.53. The second-order valence-electron chi connectivity index (χ2n) is 5.57. The lowest BCUT2D eigenvalue weighted by molar-refractivity contribution is 0.800. The lowest BCUT2D eigenvalue weighted by atomic mass is 10.1. The monoisotopic (exact) mass is 400 g/mol. The zero-order valence-electron chi connectivity index (χ0n) is 13.9. The Hall–Kier alpha value is -1.91. The van der Waals surface area contributed by atoms with Crippen LogP contribution in [0.15, 0.2) is 71.6 Å². The molecule has 1 aromatic heterocycles. The van der Waals surface area contributed by atoms with Crippen molar-refractivity contribution in [3.8, 4) is 11.3 Å². The second kappa shape index (κ2) is 8.27. The minimum atomic E-state index is 0. The zero-order valence-corrected chi connectivity index (χ0v) is 16.4. The molecule has 0 aliphatic heterocycles. The Kier molecular flexibility index (Phi) is 6.35. The maximum absolute atomic E-state index is 4.88. The van der Waals surface area contributed by atoms with Crippen LogP contribution < -0.4 is 4.80 Å². The SMILES string of the molecule is Br.C=CCn1c(-c2ccccc2)csc1=Nc1ccc(C)cc1C. The fourth-order valence-electron chi connectivity index (χ4n) is 2.60. The Morgan fingerprint density at radius 1 is 1.12 bits per heavy atom. The summed E-state index contributed by atoms with van der Waals surface area (Å²) in [6.45, 7) is 8.85. The molecule has 0 atom stereocenters. The topological polar surface area (TPSA) is 17.3 Å². The summed E-state index contributed by atoms with van der Waals surface area (Å²) in [5.74, 6) is 0. The first kappa shape index (κ1) is 18.4. The molecular weight excluding hydrogens is 380 g/mol. The number of halogens is 1. The van der Waals surface area contributed by atoms with Gasteiger partial charge in [-0.3, -0.25) is 0 Å². The number of thiazole rings is 1. The van der Waals surface area contributed by atoms with Gasteiger partial charge in [0.2, 0.25) is 0 Å². The first-order valence-electron chi connectivity index (χ1n) is 7.65. The van der Waals surface area contributed by atoms with Gasteiger partial charge in [0.05, 0.1) is 11.4 Å². The number of hydrogen-bond donors (Lipinski definition) is 0. The Labute approximate surface area is 157 Å². The van der Waals surface area contributed by atoms with Crippen LogP contribution in [0, 0.1) is 13.8 Å². The van der Waals surface area contributed by atoms with E-state index in [1.54, 1.807) is 11.3 Å². The van der Waals surface area contributed by atoms with Crippen molar-refractivity contribution >= 4 is 34.0 Å². The molecule has 0 unspecified atom stereocenters. The molecule has 0 saturated heterocycles. The van der Waals surface area contributed by atoms with E-state index in [1.807, 2.05) is 12.1 Å². The number of nitrogens with zero attached hydrogens (tertiary/aromatic N) is 2. The van der Waals surface area contributed by atoms with Gasteiger partial charge in [0.15, 0.2) is 4.80 Å². The van der Waals surface area contributed by atoms with Crippen molar-refractivity contribution in [1.82, 2.24) is 4.57 Å². The molecule has 1 heterocycles. The summed E-state index contributed by atoms with van der Waals surface area (Å²) in [4.78, 5) is 5.88. The lowest BCUT2D eigenvalue weighted by Gasteiger charge is -2.07. The summed E-state index contributed by atoms with van der Waals surface area (Å²) >= 11 is 1.67. The van der Waals surface area contributed by atoms with Crippen LogP contribution in [0.5, 0.6) is 0 Å². The predicted octanol–water partition coefficient (Wildman–Crippen LogP) is 5.83. The van der Waals surface area contributed by atoms with E-state index in [4.69, 9.17) is 4.99 Å². The van der Waals surface area contributed by atoms with E-state index in [-0.39, 0.29) is 17.0 Å². The molecule has 3 aromatic rings. The van der Waals surface area contributed by atoms with E-state index in [0.29, 0.717) is 0 Å². The standard InChI is InChI=1S/C20H20N2S.BrH/c1-4-12-22-19(17-8-6-5-7-9-17)14-23-20(22)21-18-11-10-15(2)13-16(18)3;/h4-11,13-14H,1,12H2,2-3H3;1H. The summed E-state index contributed by atoms with van der Waals surface area (Å²) in [6.07, 6.45) is 1.92. The molecule has 24 heavy (non-hydrogen) atoms. The molecule has 2 nitrogen and oxygen atoms in total. The number of aryl methyl sites for hydroxylation is 2. The Morgan fingerprint density at radius 3 is 2.54 bits per heavy atom. The number of allylic oxidation sites excluding steroid dienone is 1. The Bertz CT molecular complexity index is 892. The van der Waals surface area contributed by atoms with Crippen molar-refractivity contribution in [2.75, 3.05) is 0 Å². The molecule has 0 N–H and O–H groups in total. The molecular formula is C20H21BrN2S. The molecule has 2 aromatic carbocycles. The third-order valence-electron chi connectivity index (χ3n) is 3.75. The summed E-state index contributed by atoms with van der Waals surface area (Å²) in [6, 6.07) is 16.8. The normalized spacial score (nSPS) is 11.2. The fraction of sp³-hybridized carbons (Fsp3) is 0.150. The van der Waals surface area contributed by atoms with Crippen LogP contribution >= 0.6 is 28.3 Å². The van der Waals surface area contributed by atoms with Crippen LogP contribution in [0.1, 0.15) is 11.1 Å². The highest BCUT2D eigenvalue weighted by molar-refractivity contribution is 8.93. The average Bonchev–Trinajstić information content (AvgIpc) is 2.94. The van der Waals surface area contributed by atoms with Gasteiger partial charge in [-0.2, -0.15) is 0 Å². The number of rotatable bonds is 4. The van der Waals surface area contributed by atoms with Gasteiger partial charge in [-0.05, 0) is 31.0 Å². The van der Waals surface area contributed by atoms with Crippen molar-refractivity contribution in [2.24, 2.45) is 4.99 Å². The summed E-state index contributed by atoms with van der Waals surface area (Å²) in [5, 5.41) is 2.17. The number of aromatic nitrogens is 1. The predicted molar refractivity (Wildman–Crippen MR) is 109 cm³/mol. The molecule has 0 spiro atoms. The highest BCUT2D eigenvalue weighted by Crippen LogP contribution is 2.22. The Morgan fingerprint density at radius 2 is 1.88 bits per heavy atom. The van der Waals surface area contributed by atoms with Crippen LogP contribution in [0.4, 0.5) is 5.69 Å². The highest BCUT2D eigenvalue weighted by atomic mass is 79.9. The van der Waals surface area contributed by atoms with E-state index in [2.05, 4.69) is 72.8 Å². The van der Waals surface area contributed by atoms with Gasteiger partial charge in [0.1, 0.15) is 0 Å². The van der Waals surface area contributed by atoms with Crippen molar-refractivity contribution in [3.05, 3.63) is 82.5 Å². The van der Waals surface area contributed by atoms with Gasteiger partial charge in [-0.15, -0.1) is 34.9 Å². The van der Waals surface area contributed by atoms with E-state index in [0.717, 1.165) is 17.0 Å². The van der Waals surface area contributed by atoms with Crippen molar-refractivity contribution in [1.29, 1.82) is 0 Å². The highest BCUT2D eigenvalue weighted by Gasteiger charge is 2.07. The van der Waals surface area contributed by atoms with Crippen LogP contribution in [0.25, 0.3) is 11.3 Å². The smallest absolute Gasteiger partial charge is 0.190 e. The van der Waals surface area contributed by atoms with E-state index < -0.39 is 0 Å². The van der Waals surface area contributed by atoms with Gasteiger partial charge in [-0.1, -0.05) is 54.1 Å². The maximum Gasteiger partial charge on any atom is 0.190 e. The molecule has 0 aliphatic carbocycles. The molecule has 0 bridgehead atoms. The molecule has 0 saturated carbocycles. The Balaban J connectivity index is 0.00000208. The van der Waals surface area contributed by atoms with Crippen molar-refractivity contribution in [2.45, 2.75) is 20.4 Å². The minimum absolute atomic E-state index is 0. The van der Waals surface area contributed by atoms with Gasteiger partial charge in [0, 0.05) is 11.9 Å². The second-order valence-corrected chi connectivity index (χ2v) is 6.41. The summed E-state index contributed by atoms with van der Waals surface area (Å²) in [5.41, 5.74) is 5.86. The van der Waals surface area contributed by atoms with Crippen molar-refractivity contribution in [3.63, 3.8) is 0 Å². The number of hydrogen-bond acceptors (Lipinski definition) is 2. The van der Waals surface area contributed by atoms with E-state index in [1.165, 1.54) is 22.4 Å². The zero-order chi connectivity index (χ0) is 16.2. The maximum atomic E-state index is 4.88. The molecule has 0 aliphatic rings. The van der Waals surface area contributed by atoms with Gasteiger partial charge in [-0.25, -0.2) is 4.99 Å². The van der Waals surface area contributed by atoms with Gasteiger partial charge < -0.3 is 4.57 Å². The van der Waals surface area contributed by atoms with Crippen LogP contribution in [-0.4, -0.2) is 4.57 Å². The van der Waals surface area contributed by atoms with Crippen LogP contribution in [0.3, 0.4) is 0 Å². The van der Waals surface area contributed by atoms with Crippen molar-refractivity contribution < 1.29 is 0 Å². The first-order chi connectivity index (χ1) is 11.2. The van der Waals surface area contributed by atoms with E-state index in [9.17, 15) is 0 Å². The largest absolute Gasteiger partial charge is 0.313 e. The number of benzene rings is 2. The van der Waals surface area contributed by atoms with Gasteiger partial charge >= 0.3 is 0 Å². The molecule has 0 fully saturated rings. The minimum Gasteiger partial charge on any atom is -0.313 e. The summed E-state index contributed by atoms with van der Waals surface area (Å²) < 4.78 is 2.21. The molecule has 0 amide bonds. The average molecular weight is 401 g/mol. The van der Waals surface area contributed by atoms with E-state index >= 15 is 0 Å². The molecule has 3 rings (SSSR count). The third-order valence-corrected chi connectivity index (χ3v) is 4.61. The quantitative estimate of drug-likeness (QED) is 0.490. The lowest BCUT2D eigenvalue weighted by Crippen LogP contribution is -2.14. The summed E-state index contributed by atoms with van der Waals surface area (Å²) in [7, 11) is 0. The van der Waals surface area contributed by atoms with Gasteiger partial charge in [0.25, 0.3) is 0 Å². The fourth-order valence-corrected chi connectivity index (χ4v) is 3.53. The van der Waals surface area contributed by atoms with Crippen LogP contribution in [0.2, 0.25) is 0 Å². The molecule has 124 valence electrons. The molecule has 4 heteroatoms. The molecule has 0 radical (unpaired) electrons. The third kappa shape index (κ3) is 3.94. The van der Waals surface area contributed by atoms with Crippen LogP contribution in [-0.2, 0) is 6.54 Å².